The van der Waals surface area contributed by atoms with Gasteiger partial charge in [-0.15, -0.1) is 0 Å². The molecule has 5 nitrogen and oxygen atoms in total. The Balaban J connectivity index is 1.83. The molecule has 4 rings (SSSR count). The van der Waals surface area contributed by atoms with Gasteiger partial charge in [-0.2, -0.15) is 0 Å². The molecule has 0 saturated heterocycles. The maximum Gasteiger partial charge on any atom is 0.189 e. The molecule has 5 heteroatoms. The number of aryl methyl sites for hydroxylation is 3. The van der Waals surface area contributed by atoms with Crippen molar-refractivity contribution >= 4 is 28.1 Å². The van der Waals surface area contributed by atoms with E-state index >= 15 is 0 Å². The molecule has 0 unspecified atom stereocenters. The van der Waals surface area contributed by atoms with E-state index in [0.29, 0.717) is 17.2 Å². The first-order valence-electron chi connectivity index (χ1n) is 8.28. The van der Waals surface area contributed by atoms with Gasteiger partial charge in [-0.05, 0) is 55.7 Å². The van der Waals surface area contributed by atoms with Crippen LogP contribution >= 0.6 is 0 Å². The normalized spacial score (nSPS) is 14.8. The molecule has 1 aliphatic rings. The van der Waals surface area contributed by atoms with Crippen LogP contribution in [0, 0.1) is 20.8 Å². The SMILES string of the molecule is Cc1ccc(C)c(N2CC(=O)C(c3nc4cc(C)ccc4[nH]3)=C2N)c1. The Morgan fingerprint density at radius 3 is 2.60 bits per heavy atom. The van der Waals surface area contributed by atoms with Crippen LogP contribution in [0.2, 0.25) is 0 Å². The first-order chi connectivity index (χ1) is 11.9. The van der Waals surface area contributed by atoms with Crippen LogP contribution < -0.4 is 10.6 Å². The van der Waals surface area contributed by atoms with Gasteiger partial charge in [-0.25, -0.2) is 4.98 Å². The lowest BCUT2D eigenvalue weighted by Gasteiger charge is -2.21. The number of anilines is 1. The van der Waals surface area contributed by atoms with Crippen molar-refractivity contribution in [3.8, 4) is 0 Å². The van der Waals surface area contributed by atoms with Crippen LogP contribution in [0.1, 0.15) is 22.5 Å². The largest absolute Gasteiger partial charge is 0.384 e. The lowest BCUT2D eigenvalue weighted by molar-refractivity contribution is -0.112. The molecule has 2 aromatic carbocycles. The van der Waals surface area contributed by atoms with E-state index in [1.54, 1.807) is 0 Å². The Morgan fingerprint density at radius 1 is 1.08 bits per heavy atom. The Morgan fingerprint density at radius 2 is 1.80 bits per heavy atom. The zero-order valence-electron chi connectivity index (χ0n) is 14.6. The molecule has 0 radical (unpaired) electrons. The summed E-state index contributed by atoms with van der Waals surface area (Å²) < 4.78 is 0. The number of nitrogens with one attached hydrogen (secondary N) is 1. The standard InChI is InChI=1S/C20H20N4O/c1-11-5-7-14-15(8-11)23-20(22-14)18-17(25)10-24(19(18)21)16-9-12(2)4-6-13(16)3/h4-9H,10,21H2,1-3H3,(H,22,23). The smallest absolute Gasteiger partial charge is 0.189 e. The van der Waals surface area contributed by atoms with Crippen LogP contribution in [0.25, 0.3) is 16.6 Å². The van der Waals surface area contributed by atoms with E-state index < -0.39 is 0 Å². The van der Waals surface area contributed by atoms with Crippen molar-refractivity contribution in [2.45, 2.75) is 20.8 Å². The zero-order chi connectivity index (χ0) is 17.7. The fourth-order valence-corrected chi connectivity index (χ4v) is 3.30. The van der Waals surface area contributed by atoms with Crippen molar-refractivity contribution in [3.63, 3.8) is 0 Å². The van der Waals surface area contributed by atoms with Crippen molar-refractivity contribution in [3.05, 3.63) is 64.7 Å². The fourth-order valence-electron chi connectivity index (χ4n) is 3.30. The second-order valence-corrected chi connectivity index (χ2v) is 6.67. The third-order valence-corrected chi connectivity index (χ3v) is 4.66. The summed E-state index contributed by atoms with van der Waals surface area (Å²) in [6, 6.07) is 12.1. The van der Waals surface area contributed by atoms with E-state index in [4.69, 9.17) is 5.73 Å². The van der Waals surface area contributed by atoms with E-state index in [2.05, 4.69) is 22.1 Å². The minimum Gasteiger partial charge on any atom is -0.384 e. The van der Waals surface area contributed by atoms with E-state index in [1.807, 2.05) is 49.9 Å². The van der Waals surface area contributed by atoms with Gasteiger partial charge in [0.05, 0.1) is 17.6 Å². The molecule has 3 aromatic rings. The summed E-state index contributed by atoms with van der Waals surface area (Å²) in [5.41, 5.74) is 12.9. The first kappa shape index (κ1) is 15.4. The van der Waals surface area contributed by atoms with Gasteiger partial charge in [-0.3, -0.25) is 4.79 Å². The van der Waals surface area contributed by atoms with E-state index in [1.165, 1.54) is 0 Å². The van der Waals surface area contributed by atoms with Gasteiger partial charge in [0.1, 0.15) is 17.2 Å². The molecule has 1 aromatic heterocycles. The number of aromatic nitrogens is 2. The van der Waals surface area contributed by atoms with Crippen molar-refractivity contribution in [2.24, 2.45) is 5.73 Å². The highest BCUT2D eigenvalue weighted by molar-refractivity contribution is 6.26. The molecule has 0 amide bonds. The van der Waals surface area contributed by atoms with E-state index in [0.717, 1.165) is 33.4 Å². The van der Waals surface area contributed by atoms with E-state index in [9.17, 15) is 4.79 Å². The second-order valence-electron chi connectivity index (χ2n) is 6.67. The molecule has 126 valence electrons. The van der Waals surface area contributed by atoms with Gasteiger partial charge >= 0.3 is 0 Å². The lowest BCUT2D eigenvalue weighted by Crippen LogP contribution is -2.26. The average Bonchev–Trinajstić information content (AvgIpc) is 3.09. The summed E-state index contributed by atoms with van der Waals surface area (Å²) in [5, 5.41) is 0. The third kappa shape index (κ3) is 2.48. The van der Waals surface area contributed by atoms with Crippen LogP contribution in [-0.4, -0.2) is 22.3 Å². The number of nitrogens with two attached hydrogens (primary N) is 1. The van der Waals surface area contributed by atoms with Gasteiger partial charge in [0, 0.05) is 5.69 Å². The molecule has 0 spiro atoms. The predicted molar refractivity (Wildman–Crippen MR) is 100 cm³/mol. The van der Waals surface area contributed by atoms with Crippen LogP contribution in [-0.2, 0) is 4.79 Å². The summed E-state index contributed by atoms with van der Waals surface area (Å²) in [6.07, 6.45) is 0. The highest BCUT2D eigenvalue weighted by atomic mass is 16.1. The molecule has 25 heavy (non-hydrogen) atoms. The maximum atomic E-state index is 12.7. The molecular formula is C20H20N4O. The fraction of sp³-hybridized carbons (Fsp3) is 0.200. The van der Waals surface area contributed by atoms with Crippen molar-refractivity contribution in [2.75, 3.05) is 11.4 Å². The van der Waals surface area contributed by atoms with Gasteiger partial charge in [0.25, 0.3) is 0 Å². The number of hydrogen-bond acceptors (Lipinski definition) is 4. The zero-order valence-corrected chi connectivity index (χ0v) is 14.6. The van der Waals surface area contributed by atoms with Gasteiger partial charge in [-0.1, -0.05) is 18.2 Å². The second kappa shape index (κ2) is 5.48. The number of Topliss-reactive ketones (excluding diaryl/α,β-unsaturated/α-hetero) is 1. The number of fused-ring (bicyclic) bond motifs is 1. The van der Waals surface area contributed by atoms with Crippen molar-refractivity contribution in [1.29, 1.82) is 0 Å². The summed E-state index contributed by atoms with van der Waals surface area (Å²) in [4.78, 5) is 22.4. The average molecular weight is 332 g/mol. The summed E-state index contributed by atoms with van der Waals surface area (Å²) in [7, 11) is 0. The lowest BCUT2D eigenvalue weighted by atomic mass is 10.1. The minimum absolute atomic E-state index is 0.0193. The van der Waals surface area contributed by atoms with Crippen molar-refractivity contribution in [1.82, 2.24) is 9.97 Å². The number of H-pyrrole nitrogens is 1. The number of carbonyl (C=O) groups is 1. The van der Waals surface area contributed by atoms with Crippen LogP contribution in [0.3, 0.4) is 0 Å². The van der Waals surface area contributed by atoms with Gasteiger partial charge in [0.2, 0.25) is 0 Å². The number of hydrogen-bond donors (Lipinski definition) is 2. The molecule has 0 aliphatic carbocycles. The highest BCUT2D eigenvalue weighted by Gasteiger charge is 2.32. The van der Waals surface area contributed by atoms with Crippen molar-refractivity contribution < 1.29 is 4.79 Å². The molecule has 1 aliphatic heterocycles. The topological polar surface area (TPSA) is 75.0 Å². The van der Waals surface area contributed by atoms with Crippen LogP contribution in [0.15, 0.2) is 42.2 Å². The number of nitrogens with zero attached hydrogens (tertiary/aromatic N) is 2. The highest BCUT2D eigenvalue weighted by Crippen LogP contribution is 2.32. The quantitative estimate of drug-likeness (QED) is 0.756. The number of benzene rings is 2. The van der Waals surface area contributed by atoms with Gasteiger partial charge in [0.15, 0.2) is 5.78 Å². The minimum atomic E-state index is -0.0193. The van der Waals surface area contributed by atoms with E-state index in [-0.39, 0.29) is 12.3 Å². The number of rotatable bonds is 2. The number of carbonyl (C=O) groups excluding carboxylic acids is 1. The summed E-state index contributed by atoms with van der Waals surface area (Å²) in [5.74, 6) is 0.972. The monoisotopic (exact) mass is 332 g/mol. The first-order valence-corrected chi connectivity index (χ1v) is 8.28. The Kier molecular flexibility index (Phi) is 3.39. The Hall–Kier alpha value is -3.08. The number of ketones is 1. The molecule has 0 fully saturated rings. The Bertz CT molecular complexity index is 1050. The van der Waals surface area contributed by atoms with Crippen LogP contribution in [0.5, 0.6) is 0 Å². The molecule has 0 atom stereocenters. The van der Waals surface area contributed by atoms with Gasteiger partial charge < -0.3 is 15.6 Å². The summed E-state index contributed by atoms with van der Waals surface area (Å²) in [6.45, 7) is 6.31. The molecule has 0 bridgehead atoms. The Labute approximate surface area is 146 Å². The molecular weight excluding hydrogens is 312 g/mol. The number of aromatic amines is 1. The van der Waals surface area contributed by atoms with Crippen LogP contribution in [0.4, 0.5) is 5.69 Å². The number of imidazole rings is 1. The maximum absolute atomic E-state index is 12.7. The predicted octanol–water partition coefficient (Wildman–Crippen LogP) is 3.20. The molecule has 3 N–H and O–H groups in total. The third-order valence-electron chi connectivity index (χ3n) is 4.66. The summed E-state index contributed by atoms with van der Waals surface area (Å²) >= 11 is 0. The molecule has 2 heterocycles. The molecule has 0 saturated carbocycles.